The van der Waals surface area contributed by atoms with E-state index < -0.39 is 5.91 Å². The van der Waals surface area contributed by atoms with Crippen LogP contribution in [0.25, 0.3) is 0 Å². The molecular weight excluding hydrogens is 272 g/mol. The zero-order valence-electron chi connectivity index (χ0n) is 12.1. The molecular formula is C14H20N4OS. The van der Waals surface area contributed by atoms with Crippen LogP contribution in [0.3, 0.4) is 0 Å². The van der Waals surface area contributed by atoms with Crippen molar-refractivity contribution in [3.05, 3.63) is 10.4 Å². The smallest absolute Gasteiger partial charge is 0.253 e. The molecule has 0 saturated carbocycles. The van der Waals surface area contributed by atoms with E-state index in [9.17, 15) is 4.79 Å². The van der Waals surface area contributed by atoms with Gasteiger partial charge in [-0.25, -0.2) is 0 Å². The first-order chi connectivity index (χ1) is 9.25. The molecule has 2 rings (SSSR count). The van der Waals surface area contributed by atoms with Crippen molar-refractivity contribution < 1.29 is 4.79 Å². The summed E-state index contributed by atoms with van der Waals surface area (Å²) in [6, 6.07) is 2.03. The molecule has 1 unspecified atom stereocenters. The van der Waals surface area contributed by atoms with Gasteiger partial charge in [-0.15, -0.1) is 11.3 Å². The Kier molecular flexibility index (Phi) is 3.65. The minimum Gasteiger partial charge on any atom is -0.396 e. The Morgan fingerprint density at radius 1 is 1.50 bits per heavy atom. The minimum atomic E-state index is -0.561. The van der Waals surface area contributed by atoms with Gasteiger partial charge in [-0.05, 0) is 17.8 Å². The summed E-state index contributed by atoms with van der Waals surface area (Å²) in [4.78, 5) is 14.1. The van der Waals surface area contributed by atoms with E-state index in [0.29, 0.717) is 16.4 Å². The molecule has 0 bridgehead atoms. The maximum absolute atomic E-state index is 11.6. The number of nitrogens with two attached hydrogens (primary N) is 2. The van der Waals surface area contributed by atoms with E-state index in [1.165, 1.54) is 11.3 Å². The highest BCUT2D eigenvalue weighted by Gasteiger charge is 2.34. The minimum absolute atomic E-state index is 0.221. The molecule has 1 aromatic rings. The zero-order valence-corrected chi connectivity index (χ0v) is 12.9. The number of anilines is 2. The summed E-state index contributed by atoms with van der Waals surface area (Å²) in [5.74, 6) is -0.00783. The lowest BCUT2D eigenvalue weighted by molar-refractivity contribution is 0.100. The lowest BCUT2D eigenvalue weighted by Gasteiger charge is -2.27. The van der Waals surface area contributed by atoms with E-state index in [-0.39, 0.29) is 11.1 Å². The third-order valence-corrected chi connectivity index (χ3v) is 5.15. The van der Waals surface area contributed by atoms with Crippen molar-refractivity contribution >= 4 is 27.9 Å². The molecule has 6 heteroatoms. The summed E-state index contributed by atoms with van der Waals surface area (Å²) in [6.45, 7) is 8.40. The number of amides is 1. The van der Waals surface area contributed by atoms with Gasteiger partial charge in [0.05, 0.1) is 11.3 Å². The molecule has 1 aliphatic heterocycles. The van der Waals surface area contributed by atoms with Crippen molar-refractivity contribution in [3.63, 3.8) is 0 Å². The summed E-state index contributed by atoms with van der Waals surface area (Å²) in [5, 5.41) is 9.82. The first-order valence-electron chi connectivity index (χ1n) is 6.62. The zero-order chi connectivity index (χ0) is 15.1. The highest BCUT2D eigenvalue weighted by atomic mass is 32.1. The largest absolute Gasteiger partial charge is 0.396 e. The van der Waals surface area contributed by atoms with Crippen molar-refractivity contribution in [2.24, 2.45) is 17.1 Å². The Morgan fingerprint density at radius 2 is 2.15 bits per heavy atom. The number of primary amides is 1. The molecule has 0 radical (unpaired) electrons. The topological polar surface area (TPSA) is 96.1 Å². The molecule has 4 N–H and O–H groups in total. The van der Waals surface area contributed by atoms with Gasteiger partial charge in [0.15, 0.2) is 0 Å². The third kappa shape index (κ3) is 2.46. The highest BCUT2D eigenvalue weighted by Crippen LogP contribution is 2.42. The Hall–Kier alpha value is -1.74. The van der Waals surface area contributed by atoms with E-state index in [1.807, 2.05) is 6.07 Å². The van der Waals surface area contributed by atoms with Crippen LogP contribution in [-0.4, -0.2) is 19.0 Å². The molecule has 0 spiro atoms. The highest BCUT2D eigenvalue weighted by molar-refractivity contribution is 7.17. The van der Waals surface area contributed by atoms with Gasteiger partial charge in [0.2, 0.25) is 0 Å². The second-order valence-electron chi connectivity index (χ2n) is 6.30. The van der Waals surface area contributed by atoms with Gasteiger partial charge >= 0.3 is 0 Å². The lowest BCUT2D eigenvalue weighted by Crippen LogP contribution is -2.27. The maximum Gasteiger partial charge on any atom is 0.253 e. The summed E-state index contributed by atoms with van der Waals surface area (Å²) in [5.41, 5.74) is 12.0. The molecule has 1 aliphatic rings. The van der Waals surface area contributed by atoms with Crippen LogP contribution in [0.4, 0.5) is 10.7 Å². The fraction of sp³-hybridized carbons (Fsp3) is 0.571. The van der Waals surface area contributed by atoms with Crippen LogP contribution >= 0.6 is 11.3 Å². The van der Waals surface area contributed by atoms with Gasteiger partial charge in [0.25, 0.3) is 5.91 Å². The fourth-order valence-electron chi connectivity index (χ4n) is 2.63. The molecule has 20 heavy (non-hydrogen) atoms. The van der Waals surface area contributed by atoms with Crippen LogP contribution < -0.4 is 16.4 Å². The number of nitrogens with zero attached hydrogens (tertiary/aromatic N) is 2. The van der Waals surface area contributed by atoms with Crippen LogP contribution in [0.2, 0.25) is 0 Å². The molecule has 108 valence electrons. The quantitative estimate of drug-likeness (QED) is 0.873. The van der Waals surface area contributed by atoms with Crippen molar-refractivity contribution in [2.75, 3.05) is 23.7 Å². The Morgan fingerprint density at radius 3 is 2.60 bits per heavy atom. The van der Waals surface area contributed by atoms with Gasteiger partial charge in [-0.2, -0.15) is 5.26 Å². The van der Waals surface area contributed by atoms with Crippen molar-refractivity contribution in [1.82, 2.24) is 0 Å². The SMILES string of the molecule is CC(C)(C)C1CCN(c2sc(C#N)c(N)c2C(N)=O)C1. The van der Waals surface area contributed by atoms with E-state index in [0.717, 1.165) is 24.5 Å². The molecule has 1 amide bonds. The molecule has 1 atom stereocenters. The van der Waals surface area contributed by atoms with Crippen LogP contribution in [0, 0.1) is 22.7 Å². The molecule has 0 aliphatic carbocycles. The van der Waals surface area contributed by atoms with Gasteiger partial charge < -0.3 is 16.4 Å². The predicted molar refractivity (Wildman–Crippen MR) is 81.7 cm³/mol. The third-order valence-electron chi connectivity index (χ3n) is 3.97. The van der Waals surface area contributed by atoms with Crippen LogP contribution in [-0.2, 0) is 0 Å². The first-order valence-corrected chi connectivity index (χ1v) is 7.44. The second kappa shape index (κ2) is 4.98. The van der Waals surface area contributed by atoms with Crippen molar-refractivity contribution in [1.29, 1.82) is 5.26 Å². The monoisotopic (exact) mass is 292 g/mol. The lowest BCUT2D eigenvalue weighted by atomic mass is 9.80. The van der Waals surface area contributed by atoms with Crippen molar-refractivity contribution in [3.8, 4) is 6.07 Å². The van der Waals surface area contributed by atoms with E-state index >= 15 is 0 Å². The van der Waals surface area contributed by atoms with E-state index in [4.69, 9.17) is 16.7 Å². The standard InChI is InChI=1S/C14H20N4OS/c1-14(2,3)8-4-5-18(7-8)13-10(12(17)19)11(16)9(6-15)20-13/h8H,4-5,7,16H2,1-3H3,(H2,17,19). The van der Waals surface area contributed by atoms with Crippen LogP contribution in [0.5, 0.6) is 0 Å². The van der Waals surface area contributed by atoms with Gasteiger partial charge in [0.1, 0.15) is 15.9 Å². The average molecular weight is 292 g/mol. The average Bonchev–Trinajstić information content (AvgIpc) is 2.91. The molecule has 1 aromatic heterocycles. The summed E-state index contributed by atoms with van der Waals surface area (Å²) < 4.78 is 0. The number of carbonyl (C=O) groups excluding carboxylic acids is 1. The number of carbonyl (C=O) groups is 1. The normalized spacial score (nSPS) is 19.1. The van der Waals surface area contributed by atoms with Crippen molar-refractivity contribution in [2.45, 2.75) is 27.2 Å². The number of hydrogen-bond donors (Lipinski definition) is 2. The molecule has 1 saturated heterocycles. The second-order valence-corrected chi connectivity index (χ2v) is 7.30. The number of rotatable bonds is 2. The van der Waals surface area contributed by atoms with Gasteiger partial charge in [0, 0.05) is 13.1 Å². The number of hydrogen-bond acceptors (Lipinski definition) is 5. The number of nitrogen functional groups attached to an aromatic ring is 1. The first kappa shape index (κ1) is 14.7. The Balaban J connectivity index is 2.36. The Labute approximate surface area is 123 Å². The Bertz CT molecular complexity index is 579. The molecule has 5 nitrogen and oxygen atoms in total. The summed E-state index contributed by atoms with van der Waals surface area (Å²) in [6.07, 6.45) is 1.07. The van der Waals surface area contributed by atoms with Crippen LogP contribution in [0.15, 0.2) is 0 Å². The number of thiophene rings is 1. The van der Waals surface area contributed by atoms with E-state index in [2.05, 4.69) is 25.7 Å². The van der Waals surface area contributed by atoms with Gasteiger partial charge in [-0.1, -0.05) is 20.8 Å². The van der Waals surface area contributed by atoms with Gasteiger partial charge in [-0.3, -0.25) is 4.79 Å². The molecule has 2 heterocycles. The summed E-state index contributed by atoms with van der Waals surface area (Å²) in [7, 11) is 0. The summed E-state index contributed by atoms with van der Waals surface area (Å²) >= 11 is 1.26. The molecule has 1 fully saturated rings. The molecule has 0 aromatic carbocycles. The predicted octanol–water partition coefficient (Wildman–Crippen LogP) is 2.17. The van der Waals surface area contributed by atoms with E-state index in [1.54, 1.807) is 0 Å². The fourth-order valence-corrected chi connectivity index (χ4v) is 3.69. The maximum atomic E-state index is 11.6. The van der Waals surface area contributed by atoms with Crippen LogP contribution in [0.1, 0.15) is 42.4 Å². The number of nitriles is 1.